The van der Waals surface area contributed by atoms with E-state index in [1.165, 1.54) is 0 Å². The molecule has 0 aliphatic heterocycles. The fourth-order valence-electron chi connectivity index (χ4n) is 1.60. The zero-order chi connectivity index (χ0) is 12.0. The number of nitrogens with one attached hydrogen (secondary N) is 1. The topological polar surface area (TPSA) is 55.2 Å². The van der Waals surface area contributed by atoms with Crippen molar-refractivity contribution in [1.29, 1.82) is 0 Å². The molecule has 1 aromatic rings. The molecule has 4 nitrogen and oxygen atoms in total. The van der Waals surface area contributed by atoms with E-state index in [-0.39, 0.29) is 10.6 Å². The predicted octanol–water partition coefficient (Wildman–Crippen LogP) is 3.37. The normalized spacial score (nSPS) is 10.1. The maximum absolute atomic E-state index is 10.7. The van der Waals surface area contributed by atoms with Crippen LogP contribution < -0.4 is 5.32 Å². The van der Waals surface area contributed by atoms with Crippen molar-refractivity contribution in [3.05, 3.63) is 33.9 Å². The van der Waals surface area contributed by atoms with Gasteiger partial charge in [-0.2, -0.15) is 0 Å². The molecule has 0 aromatic heterocycles. The molecule has 0 heterocycles. The maximum atomic E-state index is 10.7. The Bertz CT molecular complexity index is 364. The van der Waals surface area contributed by atoms with Crippen molar-refractivity contribution in [2.24, 2.45) is 0 Å². The Kier molecular flexibility index (Phi) is 4.76. The van der Waals surface area contributed by atoms with Gasteiger partial charge in [0.2, 0.25) is 0 Å². The van der Waals surface area contributed by atoms with E-state index < -0.39 is 0 Å². The number of nitro groups is 1. The minimum atomic E-state index is -0.344. The van der Waals surface area contributed by atoms with Crippen molar-refractivity contribution in [3.8, 4) is 0 Å². The second kappa shape index (κ2) is 6.10. The summed E-state index contributed by atoms with van der Waals surface area (Å²) in [6.07, 6.45) is 2.90. The third-order valence-corrected chi connectivity index (χ3v) is 2.38. The first-order valence-corrected chi connectivity index (χ1v) is 5.70. The molecule has 0 radical (unpaired) electrons. The molecule has 0 fully saturated rings. The molecule has 0 atom stereocenters. The van der Waals surface area contributed by atoms with Crippen LogP contribution in [0, 0.1) is 10.1 Å². The van der Waals surface area contributed by atoms with Gasteiger partial charge in [-0.05, 0) is 24.5 Å². The quantitative estimate of drug-likeness (QED) is 0.593. The first kappa shape index (κ1) is 12.5. The van der Waals surface area contributed by atoms with Crippen LogP contribution >= 0.6 is 0 Å². The number of nitrogens with zero attached hydrogens (tertiary/aromatic N) is 1. The lowest BCUT2D eigenvalue weighted by Crippen LogP contribution is -2.03. The molecule has 0 aliphatic carbocycles. The fraction of sp³-hybridized carbons (Fsp3) is 0.500. The maximum Gasteiger partial charge on any atom is 0.269 e. The predicted molar refractivity (Wildman–Crippen MR) is 65.9 cm³/mol. The largest absolute Gasteiger partial charge is 0.385 e. The van der Waals surface area contributed by atoms with Crippen molar-refractivity contribution in [2.45, 2.75) is 33.1 Å². The number of hydrogen-bond acceptors (Lipinski definition) is 3. The van der Waals surface area contributed by atoms with Gasteiger partial charge in [0.15, 0.2) is 0 Å². The number of aryl methyl sites for hydroxylation is 1. The Morgan fingerprint density at radius 1 is 1.31 bits per heavy atom. The van der Waals surface area contributed by atoms with E-state index in [2.05, 4.69) is 19.2 Å². The van der Waals surface area contributed by atoms with E-state index in [1.807, 2.05) is 0 Å². The average molecular weight is 222 g/mol. The Hall–Kier alpha value is -1.58. The molecule has 88 valence electrons. The smallest absolute Gasteiger partial charge is 0.269 e. The molecule has 1 N–H and O–H groups in total. The van der Waals surface area contributed by atoms with Gasteiger partial charge in [-0.25, -0.2) is 0 Å². The number of non-ortho nitro benzene ring substituents is 1. The van der Waals surface area contributed by atoms with Crippen LogP contribution in [0.4, 0.5) is 11.4 Å². The number of hydrogen-bond donors (Lipinski definition) is 1. The molecule has 1 rings (SSSR count). The van der Waals surface area contributed by atoms with E-state index in [0.717, 1.165) is 37.1 Å². The summed E-state index contributed by atoms with van der Waals surface area (Å²) in [4.78, 5) is 10.3. The van der Waals surface area contributed by atoms with E-state index in [1.54, 1.807) is 18.2 Å². The Balaban J connectivity index is 2.94. The zero-order valence-corrected chi connectivity index (χ0v) is 9.82. The molecular formula is C12H18N2O2. The molecule has 0 saturated carbocycles. The van der Waals surface area contributed by atoms with E-state index in [0.29, 0.717) is 0 Å². The second-order valence-corrected chi connectivity index (χ2v) is 3.78. The Morgan fingerprint density at radius 2 is 2.06 bits per heavy atom. The first-order valence-electron chi connectivity index (χ1n) is 5.70. The summed E-state index contributed by atoms with van der Waals surface area (Å²) in [5.41, 5.74) is 2.23. The zero-order valence-electron chi connectivity index (χ0n) is 9.82. The SMILES string of the molecule is CCCNc1ccc([N+](=O)[O-])cc1CCC. The molecule has 0 spiro atoms. The lowest BCUT2D eigenvalue weighted by Gasteiger charge is -2.10. The summed E-state index contributed by atoms with van der Waals surface area (Å²) >= 11 is 0. The molecule has 0 saturated heterocycles. The molecule has 0 bridgehead atoms. The van der Waals surface area contributed by atoms with Crippen LogP contribution in [0.25, 0.3) is 0 Å². The Labute approximate surface area is 95.8 Å². The third-order valence-electron chi connectivity index (χ3n) is 2.38. The summed E-state index contributed by atoms with van der Waals surface area (Å²) in [5.74, 6) is 0. The Morgan fingerprint density at radius 3 is 2.62 bits per heavy atom. The van der Waals surface area contributed by atoms with Gasteiger partial charge in [-0.1, -0.05) is 20.3 Å². The highest BCUT2D eigenvalue weighted by molar-refractivity contribution is 5.56. The van der Waals surface area contributed by atoms with E-state index >= 15 is 0 Å². The lowest BCUT2D eigenvalue weighted by molar-refractivity contribution is -0.384. The van der Waals surface area contributed by atoms with Crippen LogP contribution in [-0.2, 0) is 6.42 Å². The minimum Gasteiger partial charge on any atom is -0.385 e. The fourth-order valence-corrected chi connectivity index (χ4v) is 1.60. The highest BCUT2D eigenvalue weighted by atomic mass is 16.6. The molecule has 0 amide bonds. The molecule has 0 unspecified atom stereocenters. The van der Waals surface area contributed by atoms with Gasteiger partial charge in [0.25, 0.3) is 5.69 Å². The van der Waals surface area contributed by atoms with Crippen LogP contribution in [0.1, 0.15) is 32.3 Å². The third kappa shape index (κ3) is 3.22. The van der Waals surface area contributed by atoms with Crippen LogP contribution in [0.2, 0.25) is 0 Å². The summed E-state index contributed by atoms with van der Waals surface area (Å²) < 4.78 is 0. The van der Waals surface area contributed by atoms with Crippen molar-refractivity contribution >= 4 is 11.4 Å². The van der Waals surface area contributed by atoms with E-state index in [4.69, 9.17) is 0 Å². The van der Waals surface area contributed by atoms with Gasteiger partial charge in [-0.15, -0.1) is 0 Å². The minimum absolute atomic E-state index is 0.172. The number of benzene rings is 1. The van der Waals surface area contributed by atoms with E-state index in [9.17, 15) is 10.1 Å². The summed E-state index contributed by atoms with van der Waals surface area (Å²) in [7, 11) is 0. The summed E-state index contributed by atoms with van der Waals surface area (Å²) in [5, 5.41) is 14.0. The number of nitro benzene ring substituents is 1. The van der Waals surface area contributed by atoms with Gasteiger partial charge in [0.05, 0.1) is 4.92 Å². The first-order chi connectivity index (χ1) is 7.69. The standard InChI is InChI=1S/C12H18N2O2/c1-3-5-10-9-11(14(15)16)6-7-12(10)13-8-4-2/h6-7,9,13H,3-5,8H2,1-2H3. The van der Waals surface area contributed by atoms with Gasteiger partial charge < -0.3 is 5.32 Å². The van der Waals surface area contributed by atoms with Crippen LogP contribution in [0.5, 0.6) is 0 Å². The molecule has 0 aliphatic rings. The number of rotatable bonds is 6. The van der Waals surface area contributed by atoms with Gasteiger partial charge in [0, 0.05) is 24.4 Å². The van der Waals surface area contributed by atoms with Crippen molar-refractivity contribution in [3.63, 3.8) is 0 Å². The highest BCUT2D eigenvalue weighted by Gasteiger charge is 2.09. The molecule has 4 heteroatoms. The van der Waals surface area contributed by atoms with Crippen molar-refractivity contribution in [1.82, 2.24) is 0 Å². The van der Waals surface area contributed by atoms with Crippen molar-refractivity contribution in [2.75, 3.05) is 11.9 Å². The van der Waals surface area contributed by atoms with Gasteiger partial charge >= 0.3 is 0 Å². The molecule has 16 heavy (non-hydrogen) atoms. The molecule has 1 aromatic carbocycles. The van der Waals surface area contributed by atoms with Gasteiger partial charge in [-0.3, -0.25) is 10.1 Å². The number of anilines is 1. The second-order valence-electron chi connectivity index (χ2n) is 3.78. The summed E-state index contributed by atoms with van der Waals surface area (Å²) in [6, 6.07) is 5.03. The van der Waals surface area contributed by atoms with Crippen molar-refractivity contribution < 1.29 is 4.92 Å². The average Bonchev–Trinajstić information content (AvgIpc) is 2.27. The van der Waals surface area contributed by atoms with Crippen LogP contribution in [0.15, 0.2) is 18.2 Å². The lowest BCUT2D eigenvalue weighted by atomic mass is 10.1. The summed E-state index contributed by atoms with van der Waals surface area (Å²) in [6.45, 7) is 5.06. The molecular weight excluding hydrogens is 204 g/mol. The monoisotopic (exact) mass is 222 g/mol. The van der Waals surface area contributed by atoms with Crippen LogP contribution in [0.3, 0.4) is 0 Å². The van der Waals surface area contributed by atoms with Crippen LogP contribution in [-0.4, -0.2) is 11.5 Å². The highest BCUT2D eigenvalue weighted by Crippen LogP contribution is 2.23. The van der Waals surface area contributed by atoms with Gasteiger partial charge in [0.1, 0.15) is 0 Å².